The summed E-state index contributed by atoms with van der Waals surface area (Å²) < 4.78 is 0. The molecule has 2 rings (SSSR count). The molecule has 1 fully saturated rings. The molecule has 4 heteroatoms. The van der Waals surface area contributed by atoms with Gasteiger partial charge in [0.15, 0.2) is 0 Å². The van der Waals surface area contributed by atoms with Crippen molar-refractivity contribution in [3.63, 3.8) is 0 Å². The summed E-state index contributed by atoms with van der Waals surface area (Å²) in [6.45, 7) is 4.29. The minimum Gasteiger partial charge on any atom is -0.369 e. The Kier molecular flexibility index (Phi) is 3.64. The topological polar surface area (TPSA) is 35.6 Å². The zero-order valence-corrected chi connectivity index (χ0v) is 10.4. The molecule has 1 saturated heterocycles. The van der Waals surface area contributed by atoms with Crippen LogP contribution in [0.3, 0.4) is 0 Å². The summed E-state index contributed by atoms with van der Waals surface area (Å²) in [6, 6.07) is 7.81. The van der Waals surface area contributed by atoms with Crippen LogP contribution in [0.15, 0.2) is 24.3 Å². The van der Waals surface area contributed by atoms with E-state index in [1.54, 1.807) is 7.05 Å². The number of benzene rings is 1. The van der Waals surface area contributed by atoms with Crippen molar-refractivity contribution in [3.8, 4) is 0 Å². The minimum atomic E-state index is -0.0325. The van der Waals surface area contributed by atoms with E-state index in [2.05, 4.69) is 22.2 Å². The van der Waals surface area contributed by atoms with E-state index in [4.69, 9.17) is 0 Å². The standard InChI is InChI=1S/C13H19N3O/c1-14-13(17)11-3-5-12(6-4-11)16-9-7-15(2)8-10-16/h3-6H,7-10H2,1-2H3,(H,14,17). The van der Waals surface area contributed by atoms with Crippen LogP contribution in [-0.4, -0.2) is 51.1 Å². The Morgan fingerprint density at radius 3 is 2.24 bits per heavy atom. The number of carbonyl (C=O) groups is 1. The maximum atomic E-state index is 11.4. The molecule has 0 atom stereocenters. The lowest BCUT2D eigenvalue weighted by Crippen LogP contribution is -2.44. The molecular formula is C13H19N3O. The average molecular weight is 233 g/mol. The lowest BCUT2D eigenvalue weighted by atomic mass is 10.1. The smallest absolute Gasteiger partial charge is 0.251 e. The highest BCUT2D eigenvalue weighted by molar-refractivity contribution is 5.94. The van der Waals surface area contributed by atoms with Crippen LogP contribution in [0.4, 0.5) is 5.69 Å². The molecule has 4 nitrogen and oxygen atoms in total. The van der Waals surface area contributed by atoms with Crippen LogP contribution in [0, 0.1) is 0 Å². The van der Waals surface area contributed by atoms with Gasteiger partial charge in [0.2, 0.25) is 0 Å². The number of hydrogen-bond donors (Lipinski definition) is 1. The Hall–Kier alpha value is -1.55. The first kappa shape index (κ1) is 11.9. The second-order valence-corrected chi connectivity index (χ2v) is 4.42. The zero-order chi connectivity index (χ0) is 12.3. The van der Waals surface area contributed by atoms with E-state index in [1.165, 1.54) is 5.69 Å². The van der Waals surface area contributed by atoms with E-state index in [-0.39, 0.29) is 5.91 Å². The van der Waals surface area contributed by atoms with E-state index >= 15 is 0 Å². The highest BCUT2D eigenvalue weighted by Gasteiger charge is 2.14. The summed E-state index contributed by atoms with van der Waals surface area (Å²) in [6.07, 6.45) is 0. The third kappa shape index (κ3) is 2.77. The number of amides is 1. The van der Waals surface area contributed by atoms with Crippen molar-refractivity contribution in [3.05, 3.63) is 29.8 Å². The van der Waals surface area contributed by atoms with Crippen molar-refractivity contribution in [1.82, 2.24) is 10.2 Å². The van der Waals surface area contributed by atoms with Crippen LogP contribution in [0.1, 0.15) is 10.4 Å². The highest BCUT2D eigenvalue weighted by Crippen LogP contribution is 2.16. The highest BCUT2D eigenvalue weighted by atomic mass is 16.1. The Balaban J connectivity index is 2.05. The maximum absolute atomic E-state index is 11.4. The minimum absolute atomic E-state index is 0.0325. The summed E-state index contributed by atoms with van der Waals surface area (Å²) in [5, 5.41) is 2.63. The van der Waals surface area contributed by atoms with Gasteiger partial charge >= 0.3 is 0 Å². The van der Waals surface area contributed by atoms with Gasteiger partial charge in [0.1, 0.15) is 0 Å². The van der Waals surface area contributed by atoms with Crippen LogP contribution in [-0.2, 0) is 0 Å². The van der Waals surface area contributed by atoms with Crippen molar-refractivity contribution in [2.75, 3.05) is 45.2 Å². The Bertz CT molecular complexity index is 380. The van der Waals surface area contributed by atoms with E-state index in [9.17, 15) is 4.79 Å². The van der Waals surface area contributed by atoms with E-state index in [0.717, 1.165) is 26.2 Å². The van der Waals surface area contributed by atoms with Crippen LogP contribution >= 0.6 is 0 Å². The largest absolute Gasteiger partial charge is 0.369 e. The molecule has 1 amide bonds. The molecule has 1 aromatic carbocycles. The summed E-state index contributed by atoms with van der Waals surface area (Å²) in [5.41, 5.74) is 1.91. The Morgan fingerprint density at radius 2 is 1.71 bits per heavy atom. The first-order valence-corrected chi connectivity index (χ1v) is 5.96. The fraction of sp³-hybridized carbons (Fsp3) is 0.462. The molecule has 0 bridgehead atoms. The van der Waals surface area contributed by atoms with Crippen molar-refractivity contribution in [2.24, 2.45) is 0 Å². The predicted octanol–water partition coefficient (Wildman–Crippen LogP) is 0.798. The van der Waals surface area contributed by atoms with Gasteiger partial charge in [-0.15, -0.1) is 0 Å². The summed E-state index contributed by atoms with van der Waals surface area (Å²) >= 11 is 0. The molecule has 0 aliphatic carbocycles. The molecule has 1 aliphatic rings. The lowest BCUT2D eigenvalue weighted by molar-refractivity contribution is 0.0963. The monoisotopic (exact) mass is 233 g/mol. The van der Waals surface area contributed by atoms with Crippen LogP contribution in [0.25, 0.3) is 0 Å². The molecule has 1 aliphatic heterocycles. The van der Waals surface area contributed by atoms with Gasteiger partial charge in [-0.3, -0.25) is 4.79 Å². The van der Waals surface area contributed by atoms with Crippen molar-refractivity contribution in [1.29, 1.82) is 0 Å². The number of carbonyl (C=O) groups excluding carboxylic acids is 1. The van der Waals surface area contributed by atoms with Gasteiger partial charge in [0, 0.05) is 44.5 Å². The molecule has 0 unspecified atom stereocenters. The third-order valence-electron chi connectivity index (χ3n) is 3.22. The van der Waals surface area contributed by atoms with E-state index in [0.29, 0.717) is 5.56 Å². The van der Waals surface area contributed by atoms with Gasteiger partial charge in [-0.25, -0.2) is 0 Å². The van der Waals surface area contributed by atoms with Crippen molar-refractivity contribution in [2.45, 2.75) is 0 Å². The second-order valence-electron chi connectivity index (χ2n) is 4.42. The van der Waals surface area contributed by atoms with Gasteiger partial charge in [-0.05, 0) is 31.3 Å². The van der Waals surface area contributed by atoms with E-state index < -0.39 is 0 Å². The van der Waals surface area contributed by atoms with Crippen LogP contribution in [0.2, 0.25) is 0 Å². The lowest BCUT2D eigenvalue weighted by Gasteiger charge is -2.34. The molecule has 17 heavy (non-hydrogen) atoms. The maximum Gasteiger partial charge on any atom is 0.251 e. The number of likely N-dealkylation sites (N-methyl/N-ethyl adjacent to an activating group) is 1. The Labute approximate surface area is 102 Å². The summed E-state index contributed by atoms with van der Waals surface area (Å²) in [7, 11) is 3.79. The zero-order valence-electron chi connectivity index (χ0n) is 10.4. The van der Waals surface area contributed by atoms with Gasteiger partial charge in [0.05, 0.1) is 0 Å². The molecule has 92 valence electrons. The second kappa shape index (κ2) is 5.19. The van der Waals surface area contributed by atoms with E-state index in [1.807, 2.05) is 24.3 Å². The van der Waals surface area contributed by atoms with Gasteiger partial charge in [-0.2, -0.15) is 0 Å². The Morgan fingerprint density at radius 1 is 1.12 bits per heavy atom. The fourth-order valence-corrected chi connectivity index (χ4v) is 2.03. The van der Waals surface area contributed by atoms with Gasteiger partial charge in [0.25, 0.3) is 5.91 Å². The van der Waals surface area contributed by atoms with Crippen molar-refractivity contribution >= 4 is 11.6 Å². The van der Waals surface area contributed by atoms with Crippen LogP contribution < -0.4 is 10.2 Å². The summed E-state index contributed by atoms with van der Waals surface area (Å²) in [4.78, 5) is 16.1. The van der Waals surface area contributed by atoms with Crippen molar-refractivity contribution < 1.29 is 4.79 Å². The van der Waals surface area contributed by atoms with Gasteiger partial charge in [-0.1, -0.05) is 0 Å². The number of nitrogens with zero attached hydrogens (tertiary/aromatic N) is 2. The molecule has 0 radical (unpaired) electrons. The number of hydrogen-bond acceptors (Lipinski definition) is 3. The molecule has 1 heterocycles. The molecule has 0 saturated carbocycles. The number of rotatable bonds is 2. The number of anilines is 1. The predicted molar refractivity (Wildman–Crippen MR) is 69.5 cm³/mol. The molecular weight excluding hydrogens is 214 g/mol. The molecule has 1 aromatic rings. The molecule has 0 spiro atoms. The number of piperazine rings is 1. The first-order valence-electron chi connectivity index (χ1n) is 5.96. The summed E-state index contributed by atoms with van der Waals surface area (Å²) in [5.74, 6) is -0.0325. The van der Waals surface area contributed by atoms with Crippen LogP contribution in [0.5, 0.6) is 0 Å². The normalized spacial score (nSPS) is 16.9. The average Bonchev–Trinajstić information content (AvgIpc) is 2.39. The third-order valence-corrected chi connectivity index (χ3v) is 3.22. The fourth-order valence-electron chi connectivity index (χ4n) is 2.03. The molecule has 1 N–H and O–H groups in total. The SMILES string of the molecule is CNC(=O)c1ccc(N2CCN(C)CC2)cc1. The number of nitrogens with one attached hydrogen (secondary N) is 1. The quantitative estimate of drug-likeness (QED) is 0.820. The van der Waals surface area contributed by atoms with Gasteiger partial charge < -0.3 is 15.1 Å². The first-order chi connectivity index (χ1) is 8.20. The molecule has 0 aromatic heterocycles.